The van der Waals surface area contributed by atoms with Crippen molar-refractivity contribution in [3.8, 4) is 17.6 Å². The molecule has 0 aliphatic rings. The summed E-state index contributed by atoms with van der Waals surface area (Å²) < 4.78 is 5.78. The van der Waals surface area contributed by atoms with Crippen molar-refractivity contribution in [2.24, 2.45) is 5.92 Å². The summed E-state index contributed by atoms with van der Waals surface area (Å²) in [7, 11) is 0. The van der Waals surface area contributed by atoms with Crippen LogP contribution >= 0.6 is 0 Å². The van der Waals surface area contributed by atoms with E-state index in [1.54, 1.807) is 12.1 Å². The molecular weight excluding hydrogens is 248 g/mol. The summed E-state index contributed by atoms with van der Waals surface area (Å²) in [5, 5.41) is 9.26. The third-order valence-electron chi connectivity index (χ3n) is 3.14. The number of hydrogen-bond donors (Lipinski definition) is 1. The standard InChI is InChI=1S/C17H18N2O/c1-12(2)17(11-18)13-4-3-5-16(10-13)20-15-8-6-14(19)7-9-15/h3-10,12,17H,19H2,1-2H3. The molecule has 0 bridgehead atoms. The minimum absolute atomic E-state index is 0.120. The summed E-state index contributed by atoms with van der Waals surface area (Å²) in [5.41, 5.74) is 7.33. The van der Waals surface area contributed by atoms with Gasteiger partial charge >= 0.3 is 0 Å². The van der Waals surface area contributed by atoms with Crippen LogP contribution in [0, 0.1) is 17.2 Å². The van der Waals surface area contributed by atoms with Gasteiger partial charge in [0.1, 0.15) is 11.5 Å². The first-order valence-electron chi connectivity index (χ1n) is 6.63. The van der Waals surface area contributed by atoms with E-state index in [9.17, 15) is 5.26 Å². The lowest BCUT2D eigenvalue weighted by atomic mass is 9.90. The van der Waals surface area contributed by atoms with Crippen LogP contribution in [-0.4, -0.2) is 0 Å². The van der Waals surface area contributed by atoms with Gasteiger partial charge < -0.3 is 10.5 Å². The lowest BCUT2D eigenvalue weighted by Gasteiger charge is -2.14. The molecule has 20 heavy (non-hydrogen) atoms. The molecule has 0 amide bonds. The molecular formula is C17H18N2O. The summed E-state index contributed by atoms with van der Waals surface area (Å²) in [4.78, 5) is 0. The molecule has 2 N–H and O–H groups in total. The first-order chi connectivity index (χ1) is 9.60. The van der Waals surface area contributed by atoms with Gasteiger partial charge in [-0.05, 0) is 47.9 Å². The number of anilines is 1. The van der Waals surface area contributed by atoms with Crippen molar-refractivity contribution in [1.29, 1.82) is 5.26 Å². The molecule has 0 aliphatic heterocycles. The highest BCUT2D eigenvalue weighted by Crippen LogP contribution is 2.29. The van der Waals surface area contributed by atoms with Gasteiger partial charge in [-0.3, -0.25) is 0 Å². The molecule has 0 heterocycles. The zero-order valence-corrected chi connectivity index (χ0v) is 11.7. The quantitative estimate of drug-likeness (QED) is 0.838. The number of hydrogen-bond acceptors (Lipinski definition) is 3. The molecule has 2 rings (SSSR count). The van der Waals surface area contributed by atoms with E-state index >= 15 is 0 Å². The van der Waals surface area contributed by atoms with Crippen LogP contribution in [0.4, 0.5) is 5.69 Å². The van der Waals surface area contributed by atoms with Crippen molar-refractivity contribution in [3.05, 3.63) is 54.1 Å². The normalized spacial score (nSPS) is 11.9. The SMILES string of the molecule is CC(C)C(C#N)c1cccc(Oc2ccc(N)cc2)c1. The first-order valence-corrected chi connectivity index (χ1v) is 6.63. The Labute approximate surface area is 119 Å². The molecule has 1 atom stereocenters. The number of nitrogen functional groups attached to an aromatic ring is 1. The van der Waals surface area contributed by atoms with E-state index in [-0.39, 0.29) is 11.8 Å². The zero-order valence-electron chi connectivity index (χ0n) is 11.7. The lowest BCUT2D eigenvalue weighted by molar-refractivity contribution is 0.480. The van der Waals surface area contributed by atoms with Crippen LogP contribution in [0.25, 0.3) is 0 Å². The number of rotatable bonds is 4. The molecule has 102 valence electrons. The monoisotopic (exact) mass is 266 g/mol. The summed E-state index contributed by atoms with van der Waals surface area (Å²) in [6.07, 6.45) is 0. The molecule has 1 unspecified atom stereocenters. The molecule has 2 aromatic carbocycles. The third kappa shape index (κ3) is 3.30. The lowest BCUT2D eigenvalue weighted by Crippen LogP contribution is -2.04. The highest BCUT2D eigenvalue weighted by atomic mass is 16.5. The molecule has 0 saturated carbocycles. The molecule has 0 saturated heterocycles. The Hall–Kier alpha value is -2.47. The maximum atomic E-state index is 9.26. The van der Waals surface area contributed by atoms with E-state index < -0.39 is 0 Å². The molecule has 0 fully saturated rings. The summed E-state index contributed by atoms with van der Waals surface area (Å²) >= 11 is 0. The van der Waals surface area contributed by atoms with Crippen molar-refractivity contribution in [1.82, 2.24) is 0 Å². The highest BCUT2D eigenvalue weighted by Gasteiger charge is 2.15. The number of ether oxygens (including phenoxy) is 1. The second-order valence-electron chi connectivity index (χ2n) is 5.09. The zero-order chi connectivity index (χ0) is 14.5. The fraction of sp³-hybridized carbons (Fsp3) is 0.235. The van der Waals surface area contributed by atoms with Crippen molar-refractivity contribution >= 4 is 5.69 Å². The van der Waals surface area contributed by atoms with Crippen molar-refractivity contribution < 1.29 is 4.74 Å². The van der Waals surface area contributed by atoms with Crippen molar-refractivity contribution in [2.45, 2.75) is 19.8 Å². The second-order valence-corrected chi connectivity index (χ2v) is 5.09. The van der Waals surface area contributed by atoms with E-state index in [4.69, 9.17) is 10.5 Å². The van der Waals surface area contributed by atoms with Crippen LogP contribution in [-0.2, 0) is 0 Å². The fourth-order valence-electron chi connectivity index (χ4n) is 2.05. The van der Waals surface area contributed by atoms with Gasteiger partial charge in [-0.2, -0.15) is 5.26 Å². The van der Waals surface area contributed by atoms with Gasteiger partial charge in [0.05, 0.1) is 12.0 Å². The van der Waals surface area contributed by atoms with Gasteiger partial charge in [0.15, 0.2) is 0 Å². The van der Waals surface area contributed by atoms with Crippen LogP contribution in [0.2, 0.25) is 0 Å². The fourth-order valence-corrected chi connectivity index (χ4v) is 2.05. The largest absolute Gasteiger partial charge is 0.457 e. The average molecular weight is 266 g/mol. The number of nitrogens with two attached hydrogens (primary N) is 1. The van der Waals surface area contributed by atoms with Crippen molar-refractivity contribution in [3.63, 3.8) is 0 Å². The predicted molar refractivity (Wildman–Crippen MR) is 80.6 cm³/mol. The number of nitrogens with zero attached hydrogens (tertiary/aromatic N) is 1. The van der Waals surface area contributed by atoms with Gasteiger partial charge in [0.25, 0.3) is 0 Å². The molecule has 0 spiro atoms. The molecule has 0 radical (unpaired) electrons. The van der Waals surface area contributed by atoms with E-state index in [0.29, 0.717) is 5.69 Å². The Morgan fingerprint density at radius 3 is 2.35 bits per heavy atom. The molecule has 3 nitrogen and oxygen atoms in total. The van der Waals surface area contributed by atoms with Gasteiger partial charge in [0, 0.05) is 5.69 Å². The maximum Gasteiger partial charge on any atom is 0.127 e. The Kier molecular flexibility index (Phi) is 4.27. The van der Waals surface area contributed by atoms with Gasteiger partial charge in [0.2, 0.25) is 0 Å². The summed E-state index contributed by atoms with van der Waals surface area (Å²) in [6.45, 7) is 4.09. The van der Waals surface area contributed by atoms with Gasteiger partial charge in [-0.25, -0.2) is 0 Å². The Bertz CT molecular complexity index is 612. The Morgan fingerprint density at radius 1 is 1.05 bits per heavy atom. The maximum absolute atomic E-state index is 9.26. The second kappa shape index (κ2) is 6.12. The summed E-state index contributed by atoms with van der Waals surface area (Å²) in [5.74, 6) is 1.61. The molecule has 0 aromatic heterocycles. The van der Waals surface area contributed by atoms with Crippen LogP contribution in [0.15, 0.2) is 48.5 Å². The van der Waals surface area contributed by atoms with Crippen LogP contribution in [0.1, 0.15) is 25.3 Å². The smallest absolute Gasteiger partial charge is 0.127 e. The first kappa shape index (κ1) is 14.0. The van der Waals surface area contributed by atoms with E-state index in [2.05, 4.69) is 6.07 Å². The Morgan fingerprint density at radius 2 is 1.75 bits per heavy atom. The Balaban J connectivity index is 2.22. The van der Waals surface area contributed by atoms with E-state index in [1.165, 1.54) is 0 Å². The van der Waals surface area contributed by atoms with Crippen LogP contribution < -0.4 is 10.5 Å². The molecule has 3 heteroatoms. The summed E-state index contributed by atoms with van der Waals surface area (Å²) in [6, 6.07) is 17.3. The van der Waals surface area contributed by atoms with Gasteiger partial charge in [-0.1, -0.05) is 26.0 Å². The van der Waals surface area contributed by atoms with Crippen LogP contribution in [0.5, 0.6) is 11.5 Å². The van der Waals surface area contributed by atoms with Gasteiger partial charge in [-0.15, -0.1) is 0 Å². The minimum Gasteiger partial charge on any atom is -0.457 e. The van der Waals surface area contributed by atoms with Crippen molar-refractivity contribution in [2.75, 3.05) is 5.73 Å². The number of benzene rings is 2. The van der Waals surface area contributed by atoms with E-state index in [0.717, 1.165) is 17.1 Å². The highest BCUT2D eigenvalue weighted by molar-refractivity contribution is 5.43. The van der Waals surface area contributed by atoms with Crippen LogP contribution in [0.3, 0.4) is 0 Å². The molecule has 0 aliphatic carbocycles. The molecule has 2 aromatic rings. The third-order valence-corrected chi connectivity index (χ3v) is 3.14. The van der Waals surface area contributed by atoms with E-state index in [1.807, 2.05) is 50.2 Å². The topological polar surface area (TPSA) is 59.0 Å². The number of nitriles is 1. The average Bonchev–Trinajstić information content (AvgIpc) is 2.42. The predicted octanol–water partition coefficient (Wildman–Crippen LogP) is 4.32. The minimum atomic E-state index is -0.120.